The Kier molecular flexibility index (Phi) is 9.78. The van der Waals surface area contributed by atoms with Gasteiger partial charge in [0.15, 0.2) is 5.96 Å². The third kappa shape index (κ3) is 6.62. The number of nitrogens with one attached hydrogen (secondary N) is 1. The number of halogens is 1. The normalized spacial score (nSPS) is 16.2. The van der Waals surface area contributed by atoms with Crippen molar-refractivity contribution in [2.24, 2.45) is 4.99 Å². The number of ether oxygens (including phenoxy) is 1. The van der Waals surface area contributed by atoms with Gasteiger partial charge in [0.05, 0.1) is 18.4 Å². The van der Waals surface area contributed by atoms with Crippen molar-refractivity contribution in [2.75, 3.05) is 39.6 Å². The Morgan fingerprint density at radius 1 is 1.31 bits per heavy atom. The van der Waals surface area contributed by atoms with Crippen molar-refractivity contribution >= 4 is 41.7 Å². The van der Waals surface area contributed by atoms with Gasteiger partial charge in [-0.15, -0.1) is 24.0 Å². The maximum absolute atomic E-state index is 5.55. The predicted octanol–water partition coefficient (Wildman–Crippen LogP) is 3.80. The molecule has 2 aromatic rings. The van der Waals surface area contributed by atoms with Gasteiger partial charge in [0.2, 0.25) is 0 Å². The lowest BCUT2D eigenvalue weighted by atomic mass is 9.99. The van der Waals surface area contributed by atoms with Gasteiger partial charge in [-0.1, -0.05) is 18.2 Å². The molecule has 0 radical (unpaired) electrons. The van der Waals surface area contributed by atoms with E-state index in [4.69, 9.17) is 9.73 Å². The lowest BCUT2D eigenvalue weighted by molar-refractivity contribution is 0.0793. The fourth-order valence-electron chi connectivity index (χ4n) is 3.37. The van der Waals surface area contributed by atoms with Crippen LogP contribution >= 0.6 is 35.7 Å². The van der Waals surface area contributed by atoms with Gasteiger partial charge in [-0.3, -0.25) is 4.99 Å². The van der Waals surface area contributed by atoms with Crippen LogP contribution in [0.25, 0.3) is 5.69 Å². The van der Waals surface area contributed by atoms with E-state index in [0.717, 1.165) is 62.9 Å². The Balaban J connectivity index is 0.00000300. The molecular weight excluding hydrogens is 497 g/mol. The number of rotatable bonds is 7. The Morgan fingerprint density at radius 3 is 2.69 bits per heavy atom. The maximum atomic E-state index is 5.55. The monoisotopic (exact) mass is 529 g/mol. The highest BCUT2D eigenvalue weighted by Crippen LogP contribution is 2.34. The summed E-state index contributed by atoms with van der Waals surface area (Å²) < 4.78 is 7.66. The van der Waals surface area contributed by atoms with Crippen LogP contribution in [0.5, 0.6) is 0 Å². The first kappa shape index (κ1) is 24.0. The molecule has 0 atom stereocenters. The second-order valence-corrected chi connectivity index (χ2v) is 8.43. The molecule has 160 valence electrons. The quantitative estimate of drug-likeness (QED) is 0.336. The average molecular weight is 529 g/mol. The van der Waals surface area contributed by atoms with Crippen molar-refractivity contribution in [3.63, 3.8) is 0 Å². The van der Waals surface area contributed by atoms with E-state index < -0.39 is 0 Å². The first-order chi connectivity index (χ1) is 13.7. The molecule has 6 nitrogen and oxygen atoms in total. The van der Waals surface area contributed by atoms with Gasteiger partial charge >= 0.3 is 0 Å². The number of nitrogens with zero attached hydrogens (tertiary/aromatic N) is 4. The smallest absolute Gasteiger partial charge is 0.194 e. The molecule has 2 heterocycles. The standard InChI is InChI=1S/C21H31N5OS.HI/c1-4-22-20(23-17-21(28-3)10-12-27-13-11-21)25(2)15-18-14-24-26(16-18)19-8-6-5-7-9-19;/h5-9,14,16H,4,10-13,15,17H2,1-3H3,(H,22,23);1H. The number of para-hydroxylation sites is 1. The van der Waals surface area contributed by atoms with E-state index >= 15 is 0 Å². The van der Waals surface area contributed by atoms with Crippen LogP contribution in [0.3, 0.4) is 0 Å². The van der Waals surface area contributed by atoms with Crippen molar-refractivity contribution in [1.82, 2.24) is 20.0 Å². The van der Waals surface area contributed by atoms with Gasteiger partial charge < -0.3 is 15.0 Å². The molecule has 1 N–H and O–H groups in total. The summed E-state index contributed by atoms with van der Waals surface area (Å²) in [5.41, 5.74) is 2.22. The van der Waals surface area contributed by atoms with Gasteiger partial charge in [0, 0.05) is 49.9 Å². The Bertz CT molecular complexity index is 761. The maximum Gasteiger partial charge on any atom is 0.194 e. The van der Waals surface area contributed by atoms with E-state index in [1.807, 2.05) is 40.8 Å². The fraction of sp³-hybridized carbons (Fsp3) is 0.524. The first-order valence-electron chi connectivity index (χ1n) is 9.87. The van der Waals surface area contributed by atoms with Crippen molar-refractivity contribution in [3.05, 3.63) is 48.3 Å². The number of aromatic nitrogens is 2. The number of benzene rings is 1. The van der Waals surface area contributed by atoms with E-state index in [1.165, 1.54) is 0 Å². The highest BCUT2D eigenvalue weighted by molar-refractivity contribution is 14.0. The summed E-state index contributed by atoms with van der Waals surface area (Å²) in [5, 5.41) is 7.93. The van der Waals surface area contributed by atoms with E-state index in [2.05, 4.69) is 53.9 Å². The summed E-state index contributed by atoms with van der Waals surface area (Å²) in [6.45, 7) is 6.20. The summed E-state index contributed by atoms with van der Waals surface area (Å²) in [6.07, 6.45) is 8.32. The summed E-state index contributed by atoms with van der Waals surface area (Å²) in [6, 6.07) is 10.2. The molecule has 0 aliphatic carbocycles. The van der Waals surface area contributed by atoms with Crippen molar-refractivity contribution in [3.8, 4) is 5.69 Å². The molecule has 1 aromatic heterocycles. The molecule has 0 saturated carbocycles. The molecule has 1 fully saturated rings. The van der Waals surface area contributed by atoms with Crippen LogP contribution in [0.1, 0.15) is 25.3 Å². The summed E-state index contributed by atoms with van der Waals surface area (Å²) >= 11 is 1.92. The van der Waals surface area contributed by atoms with E-state index in [0.29, 0.717) is 0 Å². The lowest BCUT2D eigenvalue weighted by Crippen LogP contribution is -2.41. The molecule has 8 heteroatoms. The molecule has 1 aliphatic rings. The van der Waals surface area contributed by atoms with Crippen LogP contribution in [0.15, 0.2) is 47.7 Å². The minimum absolute atomic E-state index is 0. The zero-order chi connectivity index (χ0) is 19.8. The number of thioether (sulfide) groups is 1. The highest BCUT2D eigenvalue weighted by Gasteiger charge is 2.31. The molecular formula is C21H32IN5OS. The zero-order valence-corrected chi connectivity index (χ0v) is 20.7. The number of hydrogen-bond acceptors (Lipinski definition) is 4. The van der Waals surface area contributed by atoms with Gasteiger partial charge in [-0.2, -0.15) is 16.9 Å². The van der Waals surface area contributed by atoms with Crippen LogP contribution in [-0.4, -0.2) is 65.0 Å². The summed E-state index contributed by atoms with van der Waals surface area (Å²) in [5.74, 6) is 0.940. The van der Waals surface area contributed by atoms with Gasteiger partial charge in [-0.05, 0) is 38.2 Å². The van der Waals surface area contributed by atoms with Gasteiger partial charge in [0.25, 0.3) is 0 Å². The van der Waals surface area contributed by atoms with Crippen LogP contribution in [0, 0.1) is 0 Å². The third-order valence-corrected chi connectivity index (χ3v) is 6.53. The van der Waals surface area contributed by atoms with Gasteiger partial charge in [-0.25, -0.2) is 4.68 Å². The molecule has 1 aromatic carbocycles. The topological polar surface area (TPSA) is 54.7 Å². The van der Waals surface area contributed by atoms with Crippen LogP contribution in [-0.2, 0) is 11.3 Å². The van der Waals surface area contributed by atoms with E-state index in [-0.39, 0.29) is 28.7 Å². The van der Waals surface area contributed by atoms with Crippen molar-refractivity contribution < 1.29 is 4.74 Å². The van der Waals surface area contributed by atoms with Crippen molar-refractivity contribution in [2.45, 2.75) is 31.1 Å². The Labute approximate surface area is 195 Å². The molecule has 1 saturated heterocycles. The average Bonchev–Trinajstić information content (AvgIpc) is 3.21. The number of guanidine groups is 1. The lowest BCUT2D eigenvalue weighted by Gasteiger charge is -2.34. The van der Waals surface area contributed by atoms with Crippen LogP contribution in [0.2, 0.25) is 0 Å². The number of aliphatic imine (C=N–C) groups is 1. The predicted molar refractivity (Wildman–Crippen MR) is 133 cm³/mol. The van der Waals surface area contributed by atoms with E-state index in [1.54, 1.807) is 0 Å². The molecule has 3 rings (SSSR count). The van der Waals surface area contributed by atoms with Crippen LogP contribution in [0.4, 0.5) is 0 Å². The largest absolute Gasteiger partial charge is 0.381 e. The van der Waals surface area contributed by atoms with E-state index in [9.17, 15) is 0 Å². The summed E-state index contributed by atoms with van der Waals surface area (Å²) in [4.78, 5) is 7.14. The zero-order valence-electron chi connectivity index (χ0n) is 17.5. The molecule has 0 amide bonds. The number of hydrogen-bond donors (Lipinski definition) is 1. The molecule has 0 unspecified atom stereocenters. The van der Waals surface area contributed by atoms with Gasteiger partial charge in [0.1, 0.15) is 0 Å². The minimum atomic E-state index is 0. The first-order valence-corrected chi connectivity index (χ1v) is 11.1. The third-order valence-electron chi connectivity index (χ3n) is 5.13. The molecule has 29 heavy (non-hydrogen) atoms. The minimum Gasteiger partial charge on any atom is -0.381 e. The molecule has 0 bridgehead atoms. The summed E-state index contributed by atoms with van der Waals surface area (Å²) in [7, 11) is 2.08. The van der Waals surface area contributed by atoms with Crippen LogP contribution < -0.4 is 5.32 Å². The molecule has 0 spiro atoms. The highest BCUT2D eigenvalue weighted by atomic mass is 127. The fourth-order valence-corrected chi connectivity index (χ4v) is 4.14. The second kappa shape index (κ2) is 11.8. The Hall–Kier alpha value is -1.26. The SMILES string of the molecule is CCNC(=NCC1(SC)CCOCC1)N(C)Cc1cnn(-c2ccccc2)c1.I. The molecule has 1 aliphatic heterocycles. The second-order valence-electron chi connectivity index (χ2n) is 7.15. The van der Waals surface area contributed by atoms with Crippen molar-refractivity contribution in [1.29, 1.82) is 0 Å². The Morgan fingerprint density at radius 2 is 2.03 bits per heavy atom.